The van der Waals surface area contributed by atoms with Gasteiger partial charge in [0.1, 0.15) is 5.75 Å². The molecule has 0 spiro atoms. The first-order valence-corrected chi connectivity index (χ1v) is 9.59. The Labute approximate surface area is 156 Å². The number of benzene rings is 1. The number of thiophene rings is 1. The van der Waals surface area contributed by atoms with Crippen molar-refractivity contribution >= 4 is 17.0 Å². The molecule has 1 saturated heterocycles. The number of piperazine rings is 1. The molecular formula is C18H22N6OS. The van der Waals surface area contributed by atoms with Gasteiger partial charge in [0.25, 0.3) is 0 Å². The summed E-state index contributed by atoms with van der Waals surface area (Å²) in [6.45, 7) is 5.40. The highest BCUT2D eigenvalue weighted by molar-refractivity contribution is 7.09. The number of methoxy groups -OCH3 is 1. The van der Waals surface area contributed by atoms with Crippen LogP contribution in [0.3, 0.4) is 0 Å². The Morgan fingerprint density at radius 1 is 1.04 bits per heavy atom. The number of ether oxygens (including phenoxy) is 1. The molecule has 3 heterocycles. The zero-order valence-corrected chi connectivity index (χ0v) is 15.6. The van der Waals surface area contributed by atoms with E-state index in [9.17, 15) is 0 Å². The molecule has 8 heteroatoms. The van der Waals surface area contributed by atoms with E-state index in [2.05, 4.69) is 55.0 Å². The van der Waals surface area contributed by atoms with E-state index in [1.165, 1.54) is 4.88 Å². The Hall–Kier alpha value is -2.45. The van der Waals surface area contributed by atoms with Crippen LogP contribution >= 0.6 is 11.3 Å². The zero-order chi connectivity index (χ0) is 17.8. The third kappa shape index (κ3) is 3.71. The van der Waals surface area contributed by atoms with Gasteiger partial charge in [-0.15, -0.1) is 16.4 Å². The molecule has 2 aromatic heterocycles. The van der Waals surface area contributed by atoms with E-state index < -0.39 is 0 Å². The maximum absolute atomic E-state index is 5.49. The van der Waals surface area contributed by atoms with E-state index in [1.807, 2.05) is 16.8 Å². The van der Waals surface area contributed by atoms with Gasteiger partial charge < -0.3 is 9.64 Å². The van der Waals surface area contributed by atoms with Crippen LogP contribution in [0.4, 0.5) is 5.69 Å². The van der Waals surface area contributed by atoms with Crippen molar-refractivity contribution < 1.29 is 4.74 Å². The first-order chi connectivity index (χ1) is 12.8. The van der Waals surface area contributed by atoms with Crippen molar-refractivity contribution in [2.24, 2.45) is 0 Å². The normalized spacial score (nSPS) is 15.3. The van der Waals surface area contributed by atoms with Crippen LogP contribution in [0.2, 0.25) is 0 Å². The van der Waals surface area contributed by atoms with Crippen molar-refractivity contribution in [1.82, 2.24) is 25.1 Å². The van der Waals surface area contributed by atoms with E-state index in [1.54, 1.807) is 18.4 Å². The molecule has 4 rings (SSSR count). The molecule has 0 unspecified atom stereocenters. The Morgan fingerprint density at radius 3 is 2.65 bits per heavy atom. The summed E-state index contributed by atoms with van der Waals surface area (Å²) in [5, 5.41) is 14.3. The summed E-state index contributed by atoms with van der Waals surface area (Å²) >= 11 is 1.73. The second-order valence-corrected chi connectivity index (χ2v) is 7.30. The molecule has 26 heavy (non-hydrogen) atoms. The van der Waals surface area contributed by atoms with Crippen LogP contribution < -0.4 is 9.64 Å². The van der Waals surface area contributed by atoms with Crippen molar-refractivity contribution in [1.29, 1.82) is 0 Å². The average molecular weight is 370 g/mol. The van der Waals surface area contributed by atoms with Gasteiger partial charge in [-0.2, -0.15) is 0 Å². The Morgan fingerprint density at radius 2 is 1.88 bits per heavy atom. The van der Waals surface area contributed by atoms with Crippen LogP contribution in [0.5, 0.6) is 5.75 Å². The maximum atomic E-state index is 5.49. The minimum atomic E-state index is 0.737. The highest BCUT2D eigenvalue weighted by atomic mass is 32.1. The second-order valence-electron chi connectivity index (χ2n) is 6.27. The van der Waals surface area contributed by atoms with Gasteiger partial charge in [0.05, 0.1) is 25.9 Å². The lowest BCUT2D eigenvalue weighted by Crippen LogP contribution is -2.46. The molecular weight excluding hydrogens is 348 g/mol. The molecule has 0 N–H and O–H groups in total. The van der Waals surface area contributed by atoms with E-state index in [-0.39, 0.29) is 0 Å². The fourth-order valence-electron chi connectivity index (χ4n) is 3.25. The van der Waals surface area contributed by atoms with Gasteiger partial charge in [-0.05, 0) is 34.0 Å². The van der Waals surface area contributed by atoms with Gasteiger partial charge in [-0.1, -0.05) is 18.2 Å². The number of rotatable bonds is 6. The molecule has 0 bridgehead atoms. The average Bonchev–Trinajstić information content (AvgIpc) is 3.35. The first-order valence-electron chi connectivity index (χ1n) is 8.71. The molecule has 136 valence electrons. The van der Waals surface area contributed by atoms with E-state index in [0.717, 1.165) is 56.5 Å². The minimum absolute atomic E-state index is 0.737. The molecule has 0 atom stereocenters. The second kappa shape index (κ2) is 7.84. The van der Waals surface area contributed by atoms with Gasteiger partial charge >= 0.3 is 0 Å². The summed E-state index contributed by atoms with van der Waals surface area (Å²) in [5.41, 5.74) is 1.16. The van der Waals surface area contributed by atoms with Crippen molar-refractivity contribution in [3.05, 3.63) is 52.5 Å². The molecule has 0 aliphatic carbocycles. The lowest BCUT2D eigenvalue weighted by atomic mass is 10.2. The van der Waals surface area contributed by atoms with Gasteiger partial charge in [0.15, 0.2) is 5.82 Å². The molecule has 1 aliphatic rings. The number of hydrogen-bond acceptors (Lipinski definition) is 7. The molecule has 0 radical (unpaired) electrons. The monoisotopic (exact) mass is 370 g/mol. The van der Waals surface area contributed by atoms with Crippen LogP contribution in [-0.2, 0) is 13.1 Å². The van der Waals surface area contributed by atoms with Gasteiger partial charge in [0, 0.05) is 31.1 Å². The van der Waals surface area contributed by atoms with Crippen LogP contribution in [-0.4, -0.2) is 58.4 Å². The topological polar surface area (TPSA) is 59.3 Å². The lowest BCUT2D eigenvalue weighted by Gasteiger charge is -2.36. The molecule has 1 aliphatic heterocycles. The van der Waals surface area contributed by atoms with Crippen molar-refractivity contribution in [3.63, 3.8) is 0 Å². The smallest absolute Gasteiger partial charge is 0.165 e. The lowest BCUT2D eigenvalue weighted by molar-refractivity contribution is 0.239. The maximum Gasteiger partial charge on any atom is 0.165 e. The van der Waals surface area contributed by atoms with E-state index >= 15 is 0 Å². The number of aromatic nitrogens is 4. The van der Waals surface area contributed by atoms with Gasteiger partial charge in [-0.3, -0.25) is 4.90 Å². The van der Waals surface area contributed by atoms with Crippen molar-refractivity contribution in [2.45, 2.75) is 13.1 Å². The summed E-state index contributed by atoms with van der Waals surface area (Å²) in [5.74, 6) is 1.85. The molecule has 3 aromatic rings. The molecule has 0 saturated carbocycles. The van der Waals surface area contributed by atoms with E-state index in [4.69, 9.17) is 4.74 Å². The number of tetrazole rings is 1. The largest absolute Gasteiger partial charge is 0.495 e. The van der Waals surface area contributed by atoms with Crippen LogP contribution in [0.15, 0.2) is 41.8 Å². The molecule has 0 amide bonds. The number of para-hydroxylation sites is 2. The SMILES string of the molecule is COc1ccccc1N1CCN(Cc2nnnn2Cc2cccs2)CC1. The summed E-state index contributed by atoms with van der Waals surface area (Å²) in [6, 6.07) is 12.4. The van der Waals surface area contributed by atoms with Crippen molar-refractivity contribution in [3.8, 4) is 5.75 Å². The van der Waals surface area contributed by atoms with Crippen LogP contribution in [0.25, 0.3) is 0 Å². The predicted octanol–water partition coefficient (Wildman–Crippen LogP) is 2.11. The van der Waals surface area contributed by atoms with Crippen molar-refractivity contribution in [2.75, 3.05) is 38.2 Å². The number of nitrogens with zero attached hydrogens (tertiary/aromatic N) is 6. The fraction of sp³-hybridized carbons (Fsp3) is 0.389. The van der Waals surface area contributed by atoms with Crippen LogP contribution in [0, 0.1) is 0 Å². The Kier molecular flexibility index (Phi) is 5.12. The van der Waals surface area contributed by atoms with Gasteiger partial charge in [-0.25, -0.2) is 4.68 Å². The molecule has 1 aromatic carbocycles. The fourth-order valence-corrected chi connectivity index (χ4v) is 3.93. The molecule has 7 nitrogen and oxygen atoms in total. The Balaban J connectivity index is 1.37. The quantitative estimate of drug-likeness (QED) is 0.662. The summed E-state index contributed by atoms with van der Waals surface area (Å²) in [4.78, 5) is 6.05. The highest BCUT2D eigenvalue weighted by Gasteiger charge is 2.21. The minimum Gasteiger partial charge on any atom is -0.495 e. The first kappa shape index (κ1) is 17.0. The third-order valence-corrected chi connectivity index (χ3v) is 5.52. The predicted molar refractivity (Wildman–Crippen MR) is 102 cm³/mol. The van der Waals surface area contributed by atoms with Crippen LogP contribution in [0.1, 0.15) is 10.7 Å². The standard InChI is InChI=1S/C18H22N6OS/c1-25-17-7-3-2-6-16(17)23-10-8-22(9-11-23)14-18-19-20-21-24(18)13-15-5-4-12-26-15/h2-7,12H,8-11,13-14H2,1H3. The summed E-state index contributed by atoms with van der Waals surface area (Å²) in [6.07, 6.45) is 0. The zero-order valence-electron chi connectivity index (χ0n) is 14.8. The van der Waals surface area contributed by atoms with E-state index in [0.29, 0.717) is 0 Å². The van der Waals surface area contributed by atoms with Gasteiger partial charge in [0.2, 0.25) is 0 Å². The Bertz CT molecular complexity index is 826. The number of anilines is 1. The molecule has 1 fully saturated rings. The summed E-state index contributed by atoms with van der Waals surface area (Å²) in [7, 11) is 1.72. The number of hydrogen-bond donors (Lipinski definition) is 0. The third-order valence-electron chi connectivity index (χ3n) is 4.65. The highest BCUT2D eigenvalue weighted by Crippen LogP contribution is 2.28. The summed E-state index contributed by atoms with van der Waals surface area (Å²) < 4.78 is 7.39.